The molecule has 3 fully saturated rings. The first-order valence-corrected chi connectivity index (χ1v) is 16.8. The Labute approximate surface area is 251 Å². The number of imidazole rings is 2. The first kappa shape index (κ1) is 30.3. The Morgan fingerprint density at radius 2 is 1.78 bits per heavy atom. The Morgan fingerprint density at radius 3 is 2.58 bits per heavy atom. The SMILES string of the molecule is CP1(=O)OCC2OC(c3cnc4c(N)nccn34)C(O)C2OP(=O)(O)OCC2OC(n3cnc4c(=O)[nH]c(N)nc43)C(O1)C2O. The summed E-state index contributed by atoms with van der Waals surface area (Å²) in [6.45, 7) is -0.158. The number of phosphoric ester groups is 1. The van der Waals surface area contributed by atoms with Gasteiger partial charge < -0.3 is 40.6 Å². The Morgan fingerprint density at radius 1 is 1.00 bits per heavy atom. The van der Waals surface area contributed by atoms with Crippen LogP contribution in [0.15, 0.2) is 29.7 Å². The summed E-state index contributed by atoms with van der Waals surface area (Å²) in [7, 11) is -9.08. The molecule has 3 saturated heterocycles. The second-order valence-corrected chi connectivity index (χ2v) is 14.0. The van der Waals surface area contributed by atoms with Gasteiger partial charge >= 0.3 is 15.4 Å². The number of nitrogens with zero attached hydrogens (tertiary/aromatic N) is 6. The average Bonchev–Trinajstić information content (AvgIpc) is 3.72. The number of H-pyrrole nitrogens is 1. The molecule has 8 N–H and O–H groups in total. The lowest BCUT2D eigenvalue weighted by Gasteiger charge is -2.27. The maximum absolute atomic E-state index is 13.6. The minimum atomic E-state index is -4.98. The van der Waals surface area contributed by atoms with E-state index in [1.807, 2.05) is 0 Å². The zero-order chi connectivity index (χ0) is 31.8. The summed E-state index contributed by atoms with van der Waals surface area (Å²) >= 11 is 0. The molecular formula is C22H27N9O12P2. The normalized spacial score (nSPS) is 37.7. The van der Waals surface area contributed by atoms with Crippen LogP contribution in [-0.4, -0.2) is 105 Å². The molecule has 0 radical (unpaired) electrons. The van der Waals surface area contributed by atoms with E-state index in [1.54, 1.807) is 0 Å². The van der Waals surface area contributed by atoms with Crippen molar-refractivity contribution in [2.75, 3.05) is 31.3 Å². The number of nitrogen functional groups attached to an aromatic ring is 2. The summed E-state index contributed by atoms with van der Waals surface area (Å²) in [4.78, 5) is 41.5. The molecule has 3 aliphatic heterocycles. The zero-order valence-corrected chi connectivity index (χ0v) is 24.9. The minimum absolute atomic E-state index is 0.0417. The van der Waals surface area contributed by atoms with Gasteiger partial charge in [0, 0.05) is 19.1 Å². The Bertz CT molecular complexity index is 1930. The lowest BCUT2D eigenvalue weighted by Crippen LogP contribution is -2.36. The monoisotopic (exact) mass is 671 g/mol. The van der Waals surface area contributed by atoms with Crippen LogP contribution >= 0.6 is 15.4 Å². The lowest BCUT2D eigenvalue weighted by atomic mass is 10.1. The fourth-order valence-corrected chi connectivity index (χ4v) is 7.67. The number of ether oxygens (including phenoxy) is 2. The molecule has 2 bridgehead atoms. The summed E-state index contributed by atoms with van der Waals surface area (Å²) in [5.41, 5.74) is 11.4. The van der Waals surface area contributed by atoms with Gasteiger partial charge in [0.25, 0.3) is 5.56 Å². The summed E-state index contributed by atoms with van der Waals surface area (Å²) < 4.78 is 63.3. The molecule has 23 heteroatoms. The van der Waals surface area contributed by atoms with Gasteiger partial charge in [-0.15, -0.1) is 0 Å². The van der Waals surface area contributed by atoms with E-state index in [0.29, 0.717) is 5.69 Å². The van der Waals surface area contributed by atoms with Crippen molar-refractivity contribution in [3.63, 3.8) is 0 Å². The molecule has 10 atom stereocenters. The summed E-state index contributed by atoms with van der Waals surface area (Å²) in [5.74, 6) is -0.117. The van der Waals surface area contributed by atoms with E-state index < -0.39 is 83.1 Å². The van der Waals surface area contributed by atoms with Gasteiger partial charge in [0.05, 0.1) is 31.4 Å². The third kappa shape index (κ3) is 5.34. The maximum Gasteiger partial charge on any atom is 0.472 e. The summed E-state index contributed by atoms with van der Waals surface area (Å²) in [5, 5.41) is 22.3. The molecule has 242 valence electrons. The van der Waals surface area contributed by atoms with Gasteiger partial charge in [-0.2, -0.15) is 4.98 Å². The number of hydrogen-bond acceptors (Lipinski definition) is 17. The summed E-state index contributed by atoms with van der Waals surface area (Å²) in [6.07, 6.45) is -5.78. The number of anilines is 2. The second-order valence-electron chi connectivity index (χ2n) is 10.6. The topological polar surface area (TPSA) is 296 Å². The van der Waals surface area contributed by atoms with Gasteiger partial charge in [-0.05, 0) is 0 Å². The minimum Gasteiger partial charge on any atom is -0.387 e. The van der Waals surface area contributed by atoms with Crippen LogP contribution < -0.4 is 17.0 Å². The van der Waals surface area contributed by atoms with Crippen molar-refractivity contribution < 1.29 is 51.8 Å². The third-order valence-corrected chi connectivity index (χ3v) is 9.82. The Balaban J connectivity index is 1.21. The van der Waals surface area contributed by atoms with Crippen LogP contribution in [0.5, 0.6) is 0 Å². The zero-order valence-electron chi connectivity index (χ0n) is 23.1. The molecule has 0 saturated carbocycles. The molecule has 0 aromatic carbocycles. The van der Waals surface area contributed by atoms with Gasteiger partial charge in [0.1, 0.15) is 42.7 Å². The average molecular weight is 671 g/mol. The third-order valence-electron chi connectivity index (χ3n) is 7.59. The fraction of sp³-hybridized carbons (Fsp3) is 0.500. The highest BCUT2D eigenvalue weighted by Crippen LogP contribution is 2.54. The standard InChI is InChI=1S/C22H27N9O12P2/c1-44(35)38-6-10-15(13(33)14(40-10)8-4-26-19-17(23)25-2-3-30(8)19)43-45(36,37)39-5-9-12(32)16(42-44)21(41-9)31-7-27-11-18(31)28-22(24)29-20(11)34/h2-4,7,9-10,12-16,21,32-33H,5-6H2,1H3,(H2,23,25)(H,36,37)(H3,24,28,29,34). The van der Waals surface area contributed by atoms with E-state index in [9.17, 15) is 29.0 Å². The van der Waals surface area contributed by atoms with E-state index in [2.05, 4.69) is 24.9 Å². The second kappa shape index (κ2) is 10.9. The van der Waals surface area contributed by atoms with Crippen LogP contribution in [0.3, 0.4) is 0 Å². The number of aromatic amines is 1. The predicted octanol–water partition coefficient (Wildman–Crippen LogP) is -1.17. The van der Waals surface area contributed by atoms with E-state index in [0.717, 1.165) is 6.66 Å². The highest BCUT2D eigenvalue weighted by Gasteiger charge is 2.53. The van der Waals surface area contributed by atoms with E-state index >= 15 is 0 Å². The number of aliphatic hydroxyl groups excluding tert-OH is 2. The number of rotatable bonds is 2. The molecule has 0 aliphatic carbocycles. The van der Waals surface area contributed by atoms with Crippen molar-refractivity contribution in [1.29, 1.82) is 0 Å². The van der Waals surface area contributed by atoms with Gasteiger partial charge in [-0.3, -0.25) is 36.9 Å². The smallest absolute Gasteiger partial charge is 0.387 e. The highest BCUT2D eigenvalue weighted by atomic mass is 31.2. The van der Waals surface area contributed by atoms with E-state index in [4.69, 9.17) is 39.0 Å². The molecule has 45 heavy (non-hydrogen) atoms. The molecule has 21 nitrogen and oxygen atoms in total. The van der Waals surface area contributed by atoms with Crippen LogP contribution in [0.1, 0.15) is 18.0 Å². The number of aromatic nitrogens is 7. The lowest BCUT2D eigenvalue weighted by molar-refractivity contribution is -0.0602. The fourth-order valence-electron chi connectivity index (χ4n) is 5.55. The molecule has 0 amide bonds. The van der Waals surface area contributed by atoms with Crippen LogP contribution in [-0.2, 0) is 36.7 Å². The number of fused-ring (bicyclic) bond motifs is 5. The first-order valence-electron chi connectivity index (χ1n) is 13.3. The Hall–Kier alpha value is -3.33. The maximum atomic E-state index is 13.6. The van der Waals surface area contributed by atoms with Gasteiger partial charge in [0.2, 0.25) is 5.95 Å². The van der Waals surface area contributed by atoms with Crippen molar-refractivity contribution in [2.45, 2.75) is 49.0 Å². The summed E-state index contributed by atoms with van der Waals surface area (Å²) in [6, 6.07) is 0. The molecule has 7 rings (SSSR count). The van der Waals surface area contributed by atoms with Crippen LogP contribution in [0.4, 0.5) is 11.8 Å². The molecule has 3 aliphatic rings. The van der Waals surface area contributed by atoms with Crippen LogP contribution in [0.2, 0.25) is 0 Å². The number of phosphoric acid groups is 1. The van der Waals surface area contributed by atoms with E-state index in [1.165, 1.54) is 33.9 Å². The highest BCUT2D eigenvalue weighted by molar-refractivity contribution is 7.53. The molecular weight excluding hydrogens is 644 g/mol. The predicted molar refractivity (Wildman–Crippen MR) is 149 cm³/mol. The molecule has 10 unspecified atom stereocenters. The van der Waals surface area contributed by atoms with Crippen LogP contribution in [0, 0.1) is 0 Å². The molecule has 7 heterocycles. The number of nitrogens with two attached hydrogens (primary N) is 2. The number of hydrogen-bond donors (Lipinski definition) is 6. The first-order chi connectivity index (χ1) is 21.3. The van der Waals surface area contributed by atoms with Crippen molar-refractivity contribution in [2.24, 2.45) is 0 Å². The van der Waals surface area contributed by atoms with E-state index in [-0.39, 0.29) is 28.6 Å². The van der Waals surface area contributed by atoms with Crippen molar-refractivity contribution in [1.82, 2.24) is 33.9 Å². The quantitative estimate of drug-likeness (QED) is 0.137. The largest absolute Gasteiger partial charge is 0.472 e. The molecule has 4 aromatic rings. The van der Waals surface area contributed by atoms with Gasteiger partial charge in [-0.25, -0.2) is 19.5 Å². The van der Waals surface area contributed by atoms with Crippen molar-refractivity contribution in [3.05, 3.63) is 41.0 Å². The number of nitrogens with one attached hydrogen (secondary N) is 1. The van der Waals surface area contributed by atoms with Gasteiger partial charge in [-0.1, -0.05) is 0 Å². The van der Waals surface area contributed by atoms with Crippen LogP contribution in [0.25, 0.3) is 16.8 Å². The molecule has 4 aromatic heterocycles. The van der Waals surface area contributed by atoms with Gasteiger partial charge in [0.15, 0.2) is 28.9 Å². The number of aliphatic hydroxyl groups is 2. The van der Waals surface area contributed by atoms with Crippen molar-refractivity contribution in [3.8, 4) is 0 Å². The van der Waals surface area contributed by atoms with Crippen molar-refractivity contribution >= 4 is 44.0 Å². The Kier molecular flexibility index (Phi) is 7.34. The molecule has 0 spiro atoms.